The van der Waals surface area contributed by atoms with Crippen LogP contribution < -0.4 is 4.90 Å². The van der Waals surface area contributed by atoms with Gasteiger partial charge in [0.25, 0.3) is 0 Å². The Hall–Kier alpha value is -1.97. The number of benzene rings is 1. The minimum atomic E-state index is -0.524. The monoisotopic (exact) mass is 257 g/mol. The van der Waals surface area contributed by atoms with E-state index in [-0.39, 0.29) is 41.2 Å². The van der Waals surface area contributed by atoms with Crippen LogP contribution in [0.5, 0.6) is 0 Å². The number of carbonyl (C=O) groups is 2. The second-order valence-corrected chi connectivity index (χ2v) is 5.46. The number of amides is 2. The molecule has 3 nitrogen and oxygen atoms in total. The van der Waals surface area contributed by atoms with Gasteiger partial charge in [0.05, 0.1) is 17.5 Å². The number of anilines is 1. The van der Waals surface area contributed by atoms with Crippen molar-refractivity contribution in [2.75, 3.05) is 4.90 Å². The molecule has 2 fully saturated rings. The minimum absolute atomic E-state index is 0.0892. The number of hydrogen-bond donors (Lipinski definition) is 0. The molecule has 96 valence electrons. The first-order chi connectivity index (χ1) is 9.18. The summed E-state index contributed by atoms with van der Waals surface area (Å²) in [5.41, 5.74) is 0.0892. The quantitative estimate of drug-likeness (QED) is 0.571. The molecule has 0 N–H and O–H groups in total. The van der Waals surface area contributed by atoms with Crippen LogP contribution in [0.1, 0.15) is 6.42 Å². The standard InChI is InChI=1S/C15H12FNO2/c16-10-3-1-2-4-11(10)17-14(18)12-8-5-6-9(7-8)13(12)15(17)19/h1-6,8-9,12-13H,7H2/t8-,9+,12+,13-. The molecule has 0 radical (unpaired) electrons. The molecular formula is C15H12FNO2. The fourth-order valence-electron chi connectivity index (χ4n) is 3.77. The van der Waals surface area contributed by atoms with Gasteiger partial charge in [-0.2, -0.15) is 0 Å². The number of halogens is 1. The molecule has 2 aliphatic carbocycles. The first-order valence-corrected chi connectivity index (χ1v) is 6.49. The summed E-state index contributed by atoms with van der Waals surface area (Å²) in [6.07, 6.45) is 4.95. The minimum Gasteiger partial charge on any atom is -0.274 e. The molecule has 4 heteroatoms. The van der Waals surface area contributed by atoms with E-state index in [4.69, 9.17) is 0 Å². The summed E-state index contributed by atoms with van der Waals surface area (Å²) < 4.78 is 13.8. The van der Waals surface area contributed by atoms with E-state index in [1.54, 1.807) is 12.1 Å². The molecule has 1 heterocycles. The lowest BCUT2D eigenvalue weighted by molar-refractivity contribution is -0.123. The molecule has 1 aliphatic heterocycles. The summed E-state index contributed by atoms with van der Waals surface area (Å²) in [6.45, 7) is 0. The van der Waals surface area contributed by atoms with E-state index < -0.39 is 5.82 Å². The highest BCUT2D eigenvalue weighted by Gasteiger charge is 2.59. The summed E-state index contributed by atoms with van der Waals surface area (Å²) in [4.78, 5) is 25.9. The molecule has 1 saturated heterocycles. The van der Waals surface area contributed by atoms with Crippen molar-refractivity contribution in [1.82, 2.24) is 0 Å². The summed E-state index contributed by atoms with van der Waals surface area (Å²) >= 11 is 0. The van der Waals surface area contributed by atoms with Crippen molar-refractivity contribution < 1.29 is 14.0 Å². The van der Waals surface area contributed by atoms with Gasteiger partial charge in [0.15, 0.2) is 0 Å². The van der Waals surface area contributed by atoms with Gasteiger partial charge in [0.1, 0.15) is 5.82 Å². The molecule has 4 atom stereocenters. The number of para-hydroxylation sites is 1. The highest BCUT2D eigenvalue weighted by atomic mass is 19.1. The Morgan fingerprint density at radius 3 is 2.16 bits per heavy atom. The molecule has 4 rings (SSSR count). The Labute approximate surface area is 109 Å². The first-order valence-electron chi connectivity index (χ1n) is 6.49. The molecule has 1 saturated carbocycles. The molecule has 1 aromatic carbocycles. The summed E-state index contributed by atoms with van der Waals surface area (Å²) in [7, 11) is 0. The van der Waals surface area contributed by atoms with E-state index in [1.165, 1.54) is 12.1 Å². The van der Waals surface area contributed by atoms with Crippen LogP contribution in [0.3, 0.4) is 0 Å². The third-order valence-corrected chi connectivity index (χ3v) is 4.56. The van der Waals surface area contributed by atoms with Gasteiger partial charge in [0, 0.05) is 0 Å². The molecular weight excluding hydrogens is 245 g/mol. The molecule has 0 unspecified atom stereocenters. The van der Waals surface area contributed by atoms with Crippen molar-refractivity contribution in [3.05, 3.63) is 42.2 Å². The van der Waals surface area contributed by atoms with Gasteiger partial charge < -0.3 is 0 Å². The van der Waals surface area contributed by atoms with Gasteiger partial charge in [-0.05, 0) is 30.4 Å². The summed E-state index contributed by atoms with van der Waals surface area (Å²) in [6, 6.07) is 5.95. The Balaban J connectivity index is 1.79. The largest absolute Gasteiger partial charge is 0.274 e. The van der Waals surface area contributed by atoms with Gasteiger partial charge in [0.2, 0.25) is 11.8 Å². The van der Waals surface area contributed by atoms with E-state index in [2.05, 4.69) is 0 Å². The third-order valence-electron chi connectivity index (χ3n) is 4.56. The van der Waals surface area contributed by atoms with Crippen LogP contribution >= 0.6 is 0 Å². The Morgan fingerprint density at radius 2 is 1.58 bits per heavy atom. The Morgan fingerprint density at radius 1 is 1.00 bits per heavy atom. The second-order valence-electron chi connectivity index (χ2n) is 5.46. The van der Waals surface area contributed by atoms with E-state index in [1.807, 2.05) is 12.2 Å². The van der Waals surface area contributed by atoms with Crippen molar-refractivity contribution in [2.45, 2.75) is 6.42 Å². The van der Waals surface area contributed by atoms with Crippen LogP contribution in [0, 0.1) is 29.5 Å². The highest BCUT2D eigenvalue weighted by Crippen LogP contribution is 2.53. The lowest BCUT2D eigenvalue weighted by atomic mass is 9.85. The fraction of sp³-hybridized carbons (Fsp3) is 0.333. The summed E-state index contributed by atoms with van der Waals surface area (Å²) in [5.74, 6) is -1.24. The Bertz CT molecular complexity index is 594. The van der Waals surface area contributed by atoms with E-state index in [9.17, 15) is 14.0 Å². The van der Waals surface area contributed by atoms with Crippen LogP contribution in [0.25, 0.3) is 0 Å². The molecule has 3 aliphatic rings. The SMILES string of the molecule is O=C1[C@@H]2[C@H](C(=O)N1c1ccccc1F)[C@H]1C=C[C@@H]2C1. The Kier molecular flexibility index (Phi) is 2.03. The van der Waals surface area contributed by atoms with Gasteiger partial charge >= 0.3 is 0 Å². The smallest absolute Gasteiger partial charge is 0.238 e. The van der Waals surface area contributed by atoms with E-state index in [0.29, 0.717) is 0 Å². The van der Waals surface area contributed by atoms with Gasteiger partial charge in [-0.25, -0.2) is 9.29 Å². The first kappa shape index (κ1) is 10.9. The maximum atomic E-state index is 13.8. The maximum Gasteiger partial charge on any atom is 0.238 e. The fourth-order valence-corrected chi connectivity index (χ4v) is 3.77. The van der Waals surface area contributed by atoms with Gasteiger partial charge in [-0.15, -0.1) is 0 Å². The second kappa shape index (κ2) is 3.53. The zero-order valence-electron chi connectivity index (χ0n) is 10.1. The van der Waals surface area contributed by atoms with Crippen LogP contribution in [-0.2, 0) is 9.59 Å². The van der Waals surface area contributed by atoms with Crippen molar-refractivity contribution in [3.8, 4) is 0 Å². The molecule has 2 amide bonds. The highest BCUT2D eigenvalue weighted by molar-refractivity contribution is 6.22. The van der Waals surface area contributed by atoms with E-state index in [0.717, 1.165) is 11.3 Å². The van der Waals surface area contributed by atoms with Crippen LogP contribution in [-0.4, -0.2) is 11.8 Å². The predicted molar refractivity (Wildman–Crippen MR) is 66.6 cm³/mol. The molecule has 0 aromatic heterocycles. The summed E-state index contributed by atoms with van der Waals surface area (Å²) in [5, 5.41) is 0. The maximum absolute atomic E-state index is 13.8. The van der Waals surface area contributed by atoms with Crippen molar-refractivity contribution in [2.24, 2.45) is 23.7 Å². The third kappa shape index (κ3) is 1.26. The van der Waals surface area contributed by atoms with Gasteiger partial charge in [-0.3, -0.25) is 9.59 Å². The number of carbonyl (C=O) groups excluding carboxylic acids is 2. The van der Waals surface area contributed by atoms with Crippen LogP contribution in [0.15, 0.2) is 36.4 Å². The van der Waals surface area contributed by atoms with Crippen molar-refractivity contribution >= 4 is 17.5 Å². The topological polar surface area (TPSA) is 37.4 Å². The zero-order chi connectivity index (χ0) is 13.1. The average molecular weight is 257 g/mol. The molecule has 0 spiro atoms. The normalized spacial score (nSPS) is 35.3. The zero-order valence-corrected chi connectivity index (χ0v) is 10.1. The molecule has 1 aromatic rings. The van der Waals surface area contributed by atoms with Crippen LogP contribution in [0.2, 0.25) is 0 Å². The predicted octanol–water partition coefficient (Wildman–Crippen LogP) is 2.14. The number of nitrogens with zero attached hydrogens (tertiary/aromatic N) is 1. The lowest BCUT2D eigenvalue weighted by Crippen LogP contribution is -2.33. The number of hydrogen-bond acceptors (Lipinski definition) is 2. The number of rotatable bonds is 1. The average Bonchev–Trinajstić information content (AvgIpc) is 3.06. The molecule has 19 heavy (non-hydrogen) atoms. The van der Waals surface area contributed by atoms with Gasteiger partial charge in [-0.1, -0.05) is 24.3 Å². The number of imide groups is 1. The molecule has 2 bridgehead atoms. The van der Waals surface area contributed by atoms with Crippen molar-refractivity contribution in [1.29, 1.82) is 0 Å². The lowest BCUT2D eigenvalue weighted by Gasteiger charge is -2.17. The number of fused-ring (bicyclic) bond motifs is 5. The van der Waals surface area contributed by atoms with E-state index >= 15 is 0 Å². The van der Waals surface area contributed by atoms with Crippen LogP contribution in [0.4, 0.5) is 10.1 Å². The van der Waals surface area contributed by atoms with Crippen molar-refractivity contribution in [3.63, 3.8) is 0 Å². The number of allylic oxidation sites excluding steroid dienone is 2.